The average Bonchev–Trinajstić information content (AvgIpc) is 3.23. The van der Waals surface area contributed by atoms with Gasteiger partial charge in [0.15, 0.2) is 11.4 Å². The zero-order chi connectivity index (χ0) is 14.2. The molecule has 1 N–H and O–H groups in total. The summed E-state index contributed by atoms with van der Waals surface area (Å²) in [5.74, 6) is 0.413. The van der Waals surface area contributed by atoms with Crippen molar-refractivity contribution in [1.29, 1.82) is 0 Å². The fourth-order valence-corrected chi connectivity index (χ4v) is 2.62. The van der Waals surface area contributed by atoms with Crippen LogP contribution in [-0.2, 0) is 6.54 Å². The first-order valence-electron chi connectivity index (χ1n) is 7.31. The number of benzene rings is 2. The van der Waals surface area contributed by atoms with Gasteiger partial charge in [-0.2, -0.15) is 0 Å². The molecule has 21 heavy (non-hydrogen) atoms. The van der Waals surface area contributed by atoms with Gasteiger partial charge in [0.2, 0.25) is 0 Å². The lowest BCUT2D eigenvalue weighted by atomic mass is 10.0. The monoisotopic (exact) mass is 281 g/mol. The van der Waals surface area contributed by atoms with Crippen LogP contribution < -0.4 is 5.32 Å². The Morgan fingerprint density at radius 3 is 2.76 bits per heavy atom. The summed E-state index contributed by atoms with van der Waals surface area (Å²) >= 11 is 0. The maximum Gasteiger partial charge on any atom is 0.170 e. The van der Waals surface area contributed by atoms with Gasteiger partial charge >= 0.3 is 0 Å². The Hall–Kier alpha value is -2.13. The zero-order valence-corrected chi connectivity index (χ0v) is 11.6. The average molecular weight is 281 g/mol. The molecule has 0 amide bonds. The number of hydrogen-bond donors (Lipinski definition) is 1. The summed E-state index contributed by atoms with van der Waals surface area (Å²) in [6.45, 7) is 0.820. The SMILES string of the molecule is Fc1cccc2cc(-c3ccccc3CNC3CC3)oc12. The van der Waals surface area contributed by atoms with Gasteiger partial charge < -0.3 is 9.73 Å². The molecule has 0 bridgehead atoms. The number of nitrogens with one attached hydrogen (secondary N) is 1. The normalized spacial score (nSPS) is 14.7. The Morgan fingerprint density at radius 2 is 1.95 bits per heavy atom. The lowest BCUT2D eigenvalue weighted by molar-refractivity contribution is 0.568. The molecule has 106 valence electrons. The van der Waals surface area contributed by atoms with Gasteiger partial charge in [0, 0.05) is 23.5 Å². The van der Waals surface area contributed by atoms with Crippen molar-refractivity contribution in [3.8, 4) is 11.3 Å². The molecule has 1 saturated carbocycles. The highest BCUT2D eigenvalue weighted by Crippen LogP contribution is 2.31. The van der Waals surface area contributed by atoms with E-state index in [1.807, 2.05) is 30.3 Å². The molecule has 2 aromatic carbocycles. The minimum Gasteiger partial charge on any atom is -0.453 e. The standard InChI is InChI=1S/C18H16FNO/c19-16-7-3-5-12-10-17(21-18(12)16)15-6-2-1-4-13(15)11-20-14-8-9-14/h1-7,10,14,20H,8-9,11H2. The van der Waals surface area contributed by atoms with E-state index in [4.69, 9.17) is 4.42 Å². The quantitative estimate of drug-likeness (QED) is 0.762. The van der Waals surface area contributed by atoms with Crippen LogP contribution >= 0.6 is 0 Å². The van der Waals surface area contributed by atoms with E-state index >= 15 is 0 Å². The van der Waals surface area contributed by atoms with E-state index < -0.39 is 0 Å². The fourth-order valence-electron chi connectivity index (χ4n) is 2.62. The van der Waals surface area contributed by atoms with Crippen LogP contribution in [0.5, 0.6) is 0 Å². The van der Waals surface area contributed by atoms with Crippen molar-refractivity contribution in [2.75, 3.05) is 0 Å². The van der Waals surface area contributed by atoms with Crippen molar-refractivity contribution < 1.29 is 8.81 Å². The molecule has 0 saturated heterocycles. The molecule has 0 spiro atoms. The van der Waals surface area contributed by atoms with E-state index in [2.05, 4.69) is 11.4 Å². The summed E-state index contributed by atoms with van der Waals surface area (Å²) in [4.78, 5) is 0. The van der Waals surface area contributed by atoms with Crippen LogP contribution in [0.2, 0.25) is 0 Å². The van der Waals surface area contributed by atoms with Gasteiger partial charge in [-0.15, -0.1) is 0 Å². The van der Waals surface area contributed by atoms with Crippen molar-refractivity contribution in [2.45, 2.75) is 25.4 Å². The molecule has 0 aliphatic heterocycles. The van der Waals surface area contributed by atoms with Gasteiger partial charge in [-0.1, -0.05) is 36.4 Å². The molecule has 1 heterocycles. The summed E-state index contributed by atoms with van der Waals surface area (Å²) in [6.07, 6.45) is 2.52. The Bertz CT molecular complexity index is 789. The first-order valence-corrected chi connectivity index (χ1v) is 7.31. The van der Waals surface area contributed by atoms with Gasteiger partial charge in [0.05, 0.1) is 0 Å². The lowest BCUT2D eigenvalue weighted by Crippen LogP contribution is -2.15. The molecule has 1 aromatic heterocycles. The van der Waals surface area contributed by atoms with E-state index in [1.165, 1.54) is 24.5 Å². The summed E-state index contributed by atoms with van der Waals surface area (Å²) in [5.41, 5.74) is 2.54. The molecule has 1 aliphatic carbocycles. The van der Waals surface area contributed by atoms with Crippen LogP contribution in [0, 0.1) is 5.82 Å². The first-order chi connectivity index (χ1) is 10.3. The maximum absolute atomic E-state index is 13.8. The van der Waals surface area contributed by atoms with E-state index in [0.29, 0.717) is 11.6 Å². The number of para-hydroxylation sites is 1. The number of rotatable bonds is 4. The van der Waals surface area contributed by atoms with E-state index in [1.54, 1.807) is 6.07 Å². The zero-order valence-electron chi connectivity index (χ0n) is 11.6. The predicted octanol–water partition coefficient (Wildman–Crippen LogP) is 4.49. The highest BCUT2D eigenvalue weighted by Gasteiger charge is 2.21. The van der Waals surface area contributed by atoms with Crippen LogP contribution in [0.1, 0.15) is 18.4 Å². The summed E-state index contributed by atoms with van der Waals surface area (Å²) in [6, 6.07) is 15.7. The Balaban J connectivity index is 1.74. The third-order valence-electron chi connectivity index (χ3n) is 3.94. The highest BCUT2D eigenvalue weighted by atomic mass is 19.1. The van der Waals surface area contributed by atoms with Crippen molar-refractivity contribution >= 4 is 11.0 Å². The lowest BCUT2D eigenvalue weighted by Gasteiger charge is -2.08. The molecule has 3 heteroatoms. The van der Waals surface area contributed by atoms with Crippen LogP contribution in [0.3, 0.4) is 0 Å². The molecule has 4 rings (SSSR count). The number of hydrogen-bond acceptors (Lipinski definition) is 2. The molecule has 0 atom stereocenters. The molecule has 2 nitrogen and oxygen atoms in total. The Labute approximate surface area is 122 Å². The number of fused-ring (bicyclic) bond motifs is 1. The van der Waals surface area contributed by atoms with Crippen LogP contribution in [-0.4, -0.2) is 6.04 Å². The van der Waals surface area contributed by atoms with Crippen LogP contribution in [0.25, 0.3) is 22.3 Å². The molecular formula is C18H16FNO. The molecule has 1 aliphatic rings. The van der Waals surface area contributed by atoms with Gasteiger partial charge in [0.1, 0.15) is 5.76 Å². The van der Waals surface area contributed by atoms with Gasteiger partial charge in [-0.3, -0.25) is 0 Å². The van der Waals surface area contributed by atoms with Crippen molar-refractivity contribution in [3.05, 3.63) is 59.9 Å². The van der Waals surface area contributed by atoms with Gasteiger partial charge in [0.25, 0.3) is 0 Å². The number of furan rings is 1. The van der Waals surface area contributed by atoms with Gasteiger partial charge in [-0.05, 0) is 30.5 Å². The predicted molar refractivity (Wildman–Crippen MR) is 81.5 cm³/mol. The van der Waals surface area contributed by atoms with Crippen LogP contribution in [0.15, 0.2) is 52.9 Å². The summed E-state index contributed by atoms with van der Waals surface area (Å²) in [5, 5.41) is 4.31. The molecular weight excluding hydrogens is 265 g/mol. The summed E-state index contributed by atoms with van der Waals surface area (Å²) < 4.78 is 19.5. The third-order valence-corrected chi connectivity index (χ3v) is 3.94. The number of halogens is 1. The molecule has 0 unspecified atom stereocenters. The molecule has 1 fully saturated rings. The highest BCUT2D eigenvalue weighted by molar-refractivity contribution is 5.83. The topological polar surface area (TPSA) is 25.2 Å². The molecule has 0 radical (unpaired) electrons. The van der Waals surface area contributed by atoms with E-state index in [-0.39, 0.29) is 5.82 Å². The summed E-state index contributed by atoms with van der Waals surface area (Å²) in [7, 11) is 0. The smallest absolute Gasteiger partial charge is 0.170 e. The van der Waals surface area contributed by atoms with Crippen molar-refractivity contribution in [1.82, 2.24) is 5.32 Å². The van der Waals surface area contributed by atoms with Crippen LogP contribution in [0.4, 0.5) is 4.39 Å². The van der Waals surface area contributed by atoms with Crippen molar-refractivity contribution in [3.63, 3.8) is 0 Å². The maximum atomic E-state index is 13.8. The first kappa shape index (κ1) is 12.6. The second kappa shape index (κ2) is 5.01. The second-order valence-corrected chi connectivity index (χ2v) is 5.58. The fraction of sp³-hybridized carbons (Fsp3) is 0.222. The van der Waals surface area contributed by atoms with E-state index in [9.17, 15) is 4.39 Å². The van der Waals surface area contributed by atoms with E-state index in [0.717, 1.165) is 23.3 Å². The van der Waals surface area contributed by atoms with Crippen molar-refractivity contribution in [2.24, 2.45) is 0 Å². The largest absolute Gasteiger partial charge is 0.453 e. The minimum absolute atomic E-state index is 0.313. The second-order valence-electron chi connectivity index (χ2n) is 5.58. The van der Waals surface area contributed by atoms with Gasteiger partial charge in [-0.25, -0.2) is 4.39 Å². The Morgan fingerprint density at radius 1 is 1.10 bits per heavy atom. The molecule has 3 aromatic rings. The third kappa shape index (κ3) is 2.45. The minimum atomic E-state index is -0.313. The Kier molecular flexibility index (Phi) is 3.00.